The summed E-state index contributed by atoms with van der Waals surface area (Å²) in [6.07, 6.45) is 8.62. The lowest BCUT2D eigenvalue weighted by molar-refractivity contribution is -0.0167. The zero-order valence-corrected chi connectivity index (χ0v) is 16.4. The number of sulfonamides is 1. The highest BCUT2D eigenvalue weighted by molar-refractivity contribution is 7.92. The molecule has 26 heavy (non-hydrogen) atoms. The van der Waals surface area contributed by atoms with Crippen LogP contribution in [0.25, 0.3) is 0 Å². The van der Waals surface area contributed by atoms with Crippen LogP contribution < -0.4 is 9.62 Å². The Morgan fingerprint density at radius 3 is 2.00 bits per heavy atom. The molecule has 0 aromatic heterocycles. The Balaban J connectivity index is 1.49. The smallest absolute Gasteiger partial charge is 0.251 e. The van der Waals surface area contributed by atoms with Gasteiger partial charge in [0.1, 0.15) is 0 Å². The summed E-state index contributed by atoms with van der Waals surface area (Å²) in [5.74, 6) is 2.34. The lowest BCUT2D eigenvalue weighted by atomic mass is 9.53. The zero-order chi connectivity index (χ0) is 18.5. The Morgan fingerprint density at radius 1 is 1.08 bits per heavy atom. The van der Waals surface area contributed by atoms with Crippen LogP contribution in [0.2, 0.25) is 0 Å². The molecule has 5 nitrogen and oxygen atoms in total. The van der Waals surface area contributed by atoms with E-state index in [0.717, 1.165) is 37.0 Å². The van der Waals surface area contributed by atoms with Crippen LogP contribution in [0.15, 0.2) is 24.3 Å². The highest BCUT2D eigenvalue weighted by Gasteiger charge is 2.51. The van der Waals surface area contributed by atoms with Gasteiger partial charge >= 0.3 is 0 Å². The highest BCUT2D eigenvalue weighted by atomic mass is 32.2. The Hall–Kier alpha value is -1.56. The van der Waals surface area contributed by atoms with Gasteiger partial charge in [-0.05, 0) is 87.5 Å². The Bertz CT molecular complexity index is 766. The first-order valence-electron chi connectivity index (χ1n) is 9.68. The van der Waals surface area contributed by atoms with E-state index in [2.05, 4.69) is 5.32 Å². The van der Waals surface area contributed by atoms with E-state index in [-0.39, 0.29) is 11.4 Å². The van der Waals surface area contributed by atoms with Gasteiger partial charge in [0.15, 0.2) is 0 Å². The summed E-state index contributed by atoms with van der Waals surface area (Å²) in [4.78, 5) is 12.8. The second-order valence-corrected chi connectivity index (χ2v) is 10.5. The molecule has 0 unspecified atom stereocenters. The maximum absolute atomic E-state index is 12.8. The van der Waals surface area contributed by atoms with Crippen LogP contribution in [0.4, 0.5) is 5.69 Å². The largest absolute Gasteiger partial charge is 0.347 e. The van der Waals surface area contributed by atoms with E-state index in [9.17, 15) is 13.2 Å². The number of carbonyl (C=O) groups excluding carboxylic acids is 1. The van der Waals surface area contributed by atoms with Gasteiger partial charge in [-0.2, -0.15) is 0 Å². The highest BCUT2D eigenvalue weighted by Crippen LogP contribution is 2.55. The van der Waals surface area contributed by atoms with Crippen LogP contribution in [-0.4, -0.2) is 32.7 Å². The molecule has 0 spiro atoms. The third-order valence-electron chi connectivity index (χ3n) is 6.52. The molecule has 4 aliphatic carbocycles. The molecule has 0 aliphatic heterocycles. The molecule has 4 bridgehead atoms. The van der Waals surface area contributed by atoms with E-state index < -0.39 is 10.0 Å². The third kappa shape index (κ3) is 3.24. The monoisotopic (exact) mass is 376 g/mol. The van der Waals surface area contributed by atoms with Gasteiger partial charge in [0, 0.05) is 17.6 Å². The van der Waals surface area contributed by atoms with Crippen molar-refractivity contribution in [3.8, 4) is 0 Å². The minimum Gasteiger partial charge on any atom is -0.347 e. The molecule has 1 amide bonds. The number of amides is 1. The number of anilines is 1. The molecule has 5 rings (SSSR count). The average Bonchev–Trinajstić information content (AvgIpc) is 2.53. The SMILES string of the molecule is CCN(c1ccc(C(=O)NC23CC4CC(CC(C4)C2)C3)cc1)S(C)(=O)=O. The van der Waals surface area contributed by atoms with Gasteiger partial charge in [-0.15, -0.1) is 0 Å². The summed E-state index contributed by atoms with van der Waals surface area (Å²) in [7, 11) is -3.30. The van der Waals surface area contributed by atoms with Crippen LogP contribution in [-0.2, 0) is 10.0 Å². The van der Waals surface area contributed by atoms with Gasteiger partial charge in [0.25, 0.3) is 5.91 Å². The van der Waals surface area contributed by atoms with Gasteiger partial charge in [-0.25, -0.2) is 8.42 Å². The van der Waals surface area contributed by atoms with E-state index in [4.69, 9.17) is 0 Å². The lowest BCUT2D eigenvalue weighted by Gasteiger charge is -2.56. The number of hydrogen-bond acceptors (Lipinski definition) is 3. The summed E-state index contributed by atoms with van der Waals surface area (Å²) in [6.45, 7) is 2.17. The number of benzene rings is 1. The molecule has 4 fully saturated rings. The molecule has 4 saturated carbocycles. The van der Waals surface area contributed by atoms with Gasteiger partial charge in [0.2, 0.25) is 10.0 Å². The standard InChI is InChI=1S/C20H28N2O3S/c1-3-22(26(2,24)25)18-6-4-17(5-7-18)19(23)21-20-11-14-8-15(12-20)10-16(9-14)13-20/h4-7,14-16H,3,8-13H2,1-2H3,(H,21,23). The molecule has 142 valence electrons. The summed E-state index contributed by atoms with van der Waals surface area (Å²) in [6, 6.07) is 6.91. The minimum atomic E-state index is -3.30. The molecule has 0 radical (unpaired) electrons. The Kier molecular flexibility index (Phi) is 4.29. The molecule has 1 aromatic rings. The van der Waals surface area contributed by atoms with Crippen molar-refractivity contribution in [1.29, 1.82) is 0 Å². The summed E-state index contributed by atoms with van der Waals surface area (Å²) in [5, 5.41) is 3.36. The quantitative estimate of drug-likeness (QED) is 0.858. The fourth-order valence-electron chi connectivity index (χ4n) is 5.96. The predicted molar refractivity (Wildman–Crippen MR) is 103 cm³/mol. The number of rotatable bonds is 5. The topological polar surface area (TPSA) is 66.5 Å². The van der Waals surface area contributed by atoms with Gasteiger partial charge in [0.05, 0.1) is 11.9 Å². The Labute approximate surface area is 156 Å². The van der Waals surface area contributed by atoms with Crippen molar-refractivity contribution in [2.75, 3.05) is 17.1 Å². The van der Waals surface area contributed by atoms with Crippen LogP contribution in [0.3, 0.4) is 0 Å². The van der Waals surface area contributed by atoms with Gasteiger partial charge in [-0.1, -0.05) is 0 Å². The van der Waals surface area contributed by atoms with Gasteiger partial charge < -0.3 is 5.32 Å². The molecule has 0 atom stereocenters. The first kappa shape index (κ1) is 17.8. The second kappa shape index (κ2) is 6.25. The fourth-order valence-corrected chi connectivity index (χ4v) is 6.94. The summed E-state index contributed by atoms with van der Waals surface area (Å²) < 4.78 is 25.0. The fraction of sp³-hybridized carbons (Fsp3) is 0.650. The second-order valence-electron chi connectivity index (χ2n) is 8.63. The van der Waals surface area contributed by atoms with E-state index in [1.165, 1.54) is 29.8 Å². The number of hydrogen-bond donors (Lipinski definition) is 1. The normalized spacial score (nSPS) is 32.5. The molecule has 0 saturated heterocycles. The van der Waals surface area contributed by atoms with E-state index in [1.807, 2.05) is 0 Å². The Morgan fingerprint density at radius 2 is 1.58 bits per heavy atom. The molecule has 1 N–H and O–H groups in total. The van der Waals surface area contributed by atoms with E-state index in [0.29, 0.717) is 17.8 Å². The maximum atomic E-state index is 12.8. The third-order valence-corrected chi connectivity index (χ3v) is 7.79. The number of carbonyl (C=O) groups is 1. The van der Waals surface area contributed by atoms with Crippen LogP contribution in [0.1, 0.15) is 55.8 Å². The molecule has 1 aromatic carbocycles. The van der Waals surface area contributed by atoms with Crippen molar-refractivity contribution in [3.63, 3.8) is 0 Å². The number of nitrogens with one attached hydrogen (secondary N) is 1. The number of nitrogens with zero attached hydrogens (tertiary/aromatic N) is 1. The summed E-state index contributed by atoms with van der Waals surface area (Å²) in [5.41, 5.74) is 1.20. The van der Waals surface area contributed by atoms with Crippen molar-refractivity contribution in [2.24, 2.45) is 17.8 Å². The average molecular weight is 377 g/mol. The van der Waals surface area contributed by atoms with Crippen molar-refractivity contribution < 1.29 is 13.2 Å². The van der Waals surface area contributed by atoms with Crippen molar-refractivity contribution in [2.45, 2.75) is 51.0 Å². The van der Waals surface area contributed by atoms with Gasteiger partial charge in [-0.3, -0.25) is 9.10 Å². The van der Waals surface area contributed by atoms with Crippen LogP contribution in [0.5, 0.6) is 0 Å². The van der Waals surface area contributed by atoms with E-state index in [1.54, 1.807) is 31.2 Å². The molecular weight excluding hydrogens is 348 g/mol. The maximum Gasteiger partial charge on any atom is 0.251 e. The van der Waals surface area contributed by atoms with Crippen molar-refractivity contribution in [1.82, 2.24) is 5.32 Å². The van der Waals surface area contributed by atoms with Crippen LogP contribution in [0, 0.1) is 17.8 Å². The summed E-state index contributed by atoms with van der Waals surface area (Å²) >= 11 is 0. The molecule has 6 heteroatoms. The first-order valence-corrected chi connectivity index (χ1v) is 11.5. The minimum absolute atomic E-state index is 0.00723. The zero-order valence-electron chi connectivity index (χ0n) is 15.6. The molecule has 4 aliphatic rings. The van der Waals surface area contributed by atoms with Crippen LogP contribution >= 0.6 is 0 Å². The van der Waals surface area contributed by atoms with Crippen molar-refractivity contribution in [3.05, 3.63) is 29.8 Å². The molecular formula is C20H28N2O3S. The van der Waals surface area contributed by atoms with E-state index >= 15 is 0 Å². The lowest BCUT2D eigenvalue weighted by Crippen LogP contribution is -2.59. The predicted octanol–water partition coefficient (Wildman–Crippen LogP) is 3.17. The van der Waals surface area contributed by atoms with Crippen molar-refractivity contribution >= 4 is 21.6 Å². The first-order chi connectivity index (χ1) is 12.3. The molecule has 0 heterocycles.